The van der Waals surface area contributed by atoms with Crippen LogP contribution < -0.4 is 0 Å². The van der Waals surface area contributed by atoms with Crippen LogP contribution in [0.1, 0.15) is 13.8 Å². The lowest BCUT2D eigenvalue weighted by atomic mass is 10.3. The summed E-state index contributed by atoms with van der Waals surface area (Å²) in [6.45, 7) is 3.12. The number of carbonyl (C=O) groups is 1. The predicted molar refractivity (Wildman–Crippen MR) is 40.5 cm³/mol. The minimum absolute atomic E-state index is 0.331. The van der Waals surface area contributed by atoms with Crippen LogP contribution in [0.15, 0.2) is 23.4 Å². The Morgan fingerprint density at radius 2 is 2.10 bits per heavy atom. The van der Waals surface area contributed by atoms with Crippen molar-refractivity contribution in [2.24, 2.45) is 0 Å². The van der Waals surface area contributed by atoms with Crippen LogP contribution in [0.5, 0.6) is 0 Å². The van der Waals surface area contributed by atoms with Crippen LogP contribution in [0.4, 0.5) is 0 Å². The van der Waals surface area contributed by atoms with Gasteiger partial charge in [-0.15, -0.1) is 0 Å². The summed E-state index contributed by atoms with van der Waals surface area (Å²) in [7, 11) is 0. The van der Waals surface area contributed by atoms with Crippen LogP contribution in [0.2, 0.25) is 0 Å². The lowest BCUT2D eigenvalue weighted by molar-refractivity contribution is -0.135. The summed E-state index contributed by atoms with van der Waals surface area (Å²) in [5.41, 5.74) is 2.15. The van der Waals surface area contributed by atoms with Crippen molar-refractivity contribution in [1.29, 1.82) is 0 Å². The Hall–Kier alpha value is -0.760. The zero-order chi connectivity index (χ0) is 7.98. The van der Waals surface area contributed by atoms with Gasteiger partial charge in [0, 0.05) is 12.5 Å². The molecule has 0 bridgehead atoms. The maximum Gasteiger partial charge on any atom is 0.307 e. The highest BCUT2D eigenvalue weighted by molar-refractivity contribution is 6.25. The maximum absolute atomic E-state index is 10.2. The summed E-state index contributed by atoms with van der Waals surface area (Å²) in [5, 5.41) is 0. The minimum Gasteiger partial charge on any atom is -0.434 e. The van der Waals surface area contributed by atoms with Gasteiger partial charge in [-0.25, -0.2) is 0 Å². The number of hydrogen-bond donors (Lipinski definition) is 0. The smallest absolute Gasteiger partial charge is 0.307 e. The fourth-order valence-electron chi connectivity index (χ4n) is 0.315. The Morgan fingerprint density at radius 3 is 2.50 bits per heavy atom. The molecule has 0 rings (SSSR count). The summed E-state index contributed by atoms with van der Waals surface area (Å²) in [6, 6.07) is 0. The number of esters is 1. The molecule has 56 valence electrons. The highest BCUT2D eigenvalue weighted by Gasteiger charge is 1.86. The first-order valence-corrected chi connectivity index (χ1v) is 3.21. The molecule has 0 fully saturated rings. The molecule has 0 aromatic heterocycles. The monoisotopic (exact) mass is 160 g/mol. The third-order valence-corrected chi connectivity index (χ3v) is 0.863. The molecule has 0 saturated carbocycles. The second-order valence-electron chi connectivity index (χ2n) is 1.76. The van der Waals surface area contributed by atoms with Gasteiger partial charge in [0.25, 0.3) is 0 Å². The summed E-state index contributed by atoms with van der Waals surface area (Å²) in [5.74, 6) is -0.331. The molecule has 0 radical (unpaired) electrons. The second-order valence-corrected chi connectivity index (χ2v) is 2.02. The highest BCUT2D eigenvalue weighted by Crippen LogP contribution is 1.96. The molecule has 0 N–H and O–H groups in total. The second kappa shape index (κ2) is 5.06. The topological polar surface area (TPSA) is 26.3 Å². The van der Waals surface area contributed by atoms with E-state index in [1.54, 1.807) is 13.0 Å². The molecule has 10 heavy (non-hydrogen) atoms. The first kappa shape index (κ1) is 9.24. The number of ether oxygens (including phenoxy) is 1. The lowest BCUT2D eigenvalue weighted by Gasteiger charge is -1.91. The molecule has 0 saturated heterocycles. The Morgan fingerprint density at radius 1 is 1.50 bits per heavy atom. The number of allylic oxidation sites excluding steroid dienone is 2. The van der Waals surface area contributed by atoms with Crippen molar-refractivity contribution in [3.63, 3.8) is 0 Å². The molecule has 0 aliphatic carbocycles. The van der Waals surface area contributed by atoms with Crippen LogP contribution in [0.25, 0.3) is 0 Å². The van der Waals surface area contributed by atoms with E-state index in [0.717, 1.165) is 5.57 Å². The third kappa shape index (κ3) is 5.38. The van der Waals surface area contributed by atoms with Gasteiger partial charge >= 0.3 is 5.97 Å². The van der Waals surface area contributed by atoms with Gasteiger partial charge in [-0.2, -0.15) is 0 Å². The van der Waals surface area contributed by atoms with E-state index >= 15 is 0 Å². The summed E-state index contributed by atoms with van der Waals surface area (Å²) < 4.78 is 4.55. The average molecular weight is 161 g/mol. The van der Waals surface area contributed by atoms with Crippen LogP contribution in [0, 0.1) is 0 Å². The van der Waals surface area contributed by atoms with Gasteiger partial charge in [0.2, 0.25) is 0 Å². The van der Waals surface area contributed by atoms with Crippen LogP contribution in [0.3, 0.4) is 0 Å². The highest BCUT2D eigenvalue weighted by atomic mass is 35.5. The molecule has 0 amide bonds. The zero-order valence-electron chi connectivity index (χ0n) is 5.93. The van der Waals surface area contributed by atoms with Crippen molar-refractivity contribution < 1.29 is 9.53 Å². The Bertz CT molecular complexity index is 170. The molecule has 0 aliphatic rings. The van der Waals surface area contributed by atoms with Crippen molar-refractivity contribution >= 4 is 17.6 Å². The van der Waals surface area contributed by atoms with Crippen molar-refractivity contribution in [2.75, 3.05) is 0 Å². The first-order chi connectivity index (χ1) is 4.66. The molecular weight excluding hydrogens is 152 g/mol. The van der Waals surface area contributed by atoms with Crippen molar-refractivity contribution in [3.8, 4) is 0 Å². The quantitative estimate of drug-likeness (QED) is 0.352. The van der Waals surface area contributed by atoms with Crippen LogP contribution >= 0.6 is 11.6 Å². The molecule has 0 aliphatic heterocycles. The Balaban J connectivity index is 3.80. The summed E-state index contributed by atoms with van der Waals surface area (Å²) in [4.78, 5) is 10.2. The zero-order valence-corrected chi connectivity index (χ0v) is 6.68. The van der Waals surface area contributed by atoms with E-state index in [2.05, 4.69) is 4.74 Å². The largest absolute Gasteiger partial charge is 0.434 e. The van der Waals surface area contributed by atoms with Crippen molar-refractivity contribution in [2.45, 2.75) is 13.8 Å². The van der Waals surface area contributed by atoms with Crippen LogP contribution in [-0.2, 0) is 9.53 Å². The van der Waals surface area contributed by atoms with E-state index in [4.69, 9.17) is 11.6 Å². The Kier molecular flexibility index (Phi) is 4.67. The predicted octanol–water partition coefficient (Wildman–Crippen LogP) is 2.21. The van der Waals surface area contributed by atoms with Crippen molar-refractivity contribution in [1.82, 2.24) is 0 Å². The number of halogens is 1. The number of rotatable bonds is 2. The molecule has 0 spiro atoms. The van der Waals surface area contributed by atoms with E-state index in [-0.39, 0.29) is 5.97 Å². The summed E-state index contributed by atoms with van der Waals surface area (Å²) >= 11 is 5.25. The van der Waals surface area contributed by atoms with Gasteiger partial charge in [-0.05, 0) is 18.6 Å². The molecule has 0 aromatic rings. The standard InChI is InChI=1S/C7H9ClO2/c1-6(3-4-8)5-10-7(2)9/h3-5H,1-2H3/b4-3+,6-5+. The van der Waals surface area contributed by atoms with E-state index < -0.39 is 0 Å². The van der Waals surface area contributed by atoms with E-state index in [0.29, 0.717) is 0 Å². The van der Waals surface area contributed by atoms with E-state index in [1.165, 1.54) is 18.7 Å². The van der Waals surface area contributed by atoms with Gasteiger partial charge in [-0.1, -0.05) is 11.6 Å². The lowest BCUT2D eigenvalue weighted by Crippen LogP contribution is -1.90. The molecule has 0 unspecified atom stereocenters. The summed E-state index contributed by atoms with van der Waals surface area (Å²) in [6.07, 6.45) is 2.98. The molecular formula is C7H9ClO2. The Labute approximate surface area is 65.1 Å². The average Bonchev–Trinajstić information content (AvgIpc) is 1.85. The molecule has 0 atom stereocenters. The SMILES string of the molecule is CC(=O)O/C=C(C)/C=C/Cl. The van der Waals surface area contributed by atoms with Gasteiger partial charge in [0.05, 0.1) is 6.26 Å². The van der Waals surface area contributed by atoms with Gasteiger partial charge in [-0.3, -0.25) is 4.79 Å². The fourth-order valence-corrected chi connectivity index (χ4v) is 0.513. The van der Waals surface area contributed by atoms with Gasteiger partial charge in [0.1, 0.15) is 0 Å². The molecule has 0 heterocycles. The molecule has 2 nitrogen and oxygen atoms in total. The van der Waals surface area contributed by atoms with E-state index in [1.807, 2.05) is 0 Å². The third-order valence-electron chi connectivity index (χ3n) is 0.737. The van der Waals surface area contributed by atoms with E-state index in [9.17, 15) is 4.79 Å². The molecule has 3 heteroatoms. The van der Waals surface area contributed by atoms with Crippen LogP contribution in [-0.4, -0.2) is 5.97 Å². The number of carbonyl (C=O) groups excluding carboxylic acids is 1. The maximum atomic E-state index is 10.2. The van der Waals surface area contributed by atoms with Gasteiger partial charge < -0.3 is 4.74 Å². The normalized spacial score (nSPS) is 12.1. The minimum atomic E-state index is -0.331. The number of hydrogen-bond acceptors (Lipinski definition) is 2. The van der Waals surface area contributed by atoms with Gasteiger partial charge in [0.15, 0.2) is 0 Å². The first-order valence-electron chi connectivity index (χ1n) is 2.77. The fraction of sp³-hybridized carbons (Fsp3) is 0.286. The molecule has 0 aromatic carbocycles. The van der Waals surface area contributed by atoms with Crippen molar-refractivity contribution in [3.05, 3.63) is 23.4 Å².